The lowest BCUT2D eigenvalue weighted by atomic mass is 10.2. The van der Waals surface area contributed by atoms with E-state index >= 15 is 0 Å². The summed E-state index contributed by atoms with van der Waals surface area (Å²) < 4.78 is 0. The van der Waals surface area contributed by atoms with Crippen LogP contribution in [0.5, 0.6) is 0 Å². The molecule has 4 heteroatoms. The summed E-state index contributed by atoms with van der Waals surface area (Å²) in [5.74, 6) is 5.52. The molecule has 1 rings (SSSR count). The molecule has 15 heavy (non-hydrogen) atoms. The minimum atomic E-state index is -0.427. The molecule has 1 aromatic rings. The van der Waals surface area contributed by atoms with Crippen LogP contribution in [0.3, 0.4) is 0 Å². The first kappa shape index (κ1) is 10.9. The average Bonchev–Trinajstić information content (AvgIpc) is 2.25. The van der Waals surface area contributed by atoms with E-state index in [-0.39, 0.29) is 5.69 Å². The molecule has 1 aromatic carbocycles. The molecule has 4 nitrogen and oxygen atoms in total. The standard InChI is InChI=1S/C11H10N2O2/c1-2-3-8-12-9-10-4-6-11(7-5-10)13(14)15/h4-7,9H,8H2,1H3/b12-9+. The van der Waals surface area contributed by atoms with Crippen LogP contribution in [0.2, 0.25) is 0 Å². The lowest BCUT2D eigenvalue weighted by Gasteiger charge is -1.92. The average molecular weight is 202 g/mol. The number of nitro groups is 1. The molecule has 0 heterocycles. The molecule has 0 N–H and O–H groups in total. The summed E-state index contributed by atoms with van der Waals surface area (Å²) in [4.78, 5) is 14.0. The second-order valence-corrected chi connectivity index (χ2v) is 2.75. The Labute approximate surface area is 87.8 Å². The quantitative estimate of drug-likeness (QED) is 0.326. The molecule has 0 saturated carbocycles. The van der Waals surface area contributed by atoms with Crippen LogP contribution in [-0.4, -0.2) is 17.7 Å². The van der Waals surface area contributed by atoms with E-state index < -0.39 is 4.92 Å². The summed E-state index contributed by atoms with van der Waals surface area (Å²) in [6, 6.07) is 6.21. The minimum absolute atomic E-state index is 0.0838. The monoisotopic (exact) mass is 202 g/mol. The molecule has 0 saturated heterocycles. The number of hydrogen-bond acceptors (Lipinski definition) is 3. The third-order valence-corrected chi connectivity index (χ3v) is 1.69. The van der Waals surface area contributed by atoms with Crippen LogP contribution in [0.4, 0.5) is 5.69 Å². The SMILES string of the molecule is CC#CC/N=C/c1ccc([N+](=O)[O-])cc1. The van der Waals surface area contributed by atoms with Gasteiger partial charge < -0.3 is 0 Å². The molecule has 0 unspecified atom stereocenters. The molecule has 0 spiro atoms. The van der Waals surface area contributed by atoms with Gasteiger partial charge in [0.05, 0.1) is 11.5 Å². The van der Waals surface area contributed by atoms with Gasteiger partial charge in [0.2, 0.25) is 0 Å². The zero-order valence-corrected chi connectivity index (χ0v) is 8.30. The van der Waals surface area contributed by atoms with Gasteiger partial charge in [0.15, 0.2) is 0 Å². The van der Waals surface area contributed by atoms with E-state index in [4.69, 9.17) is 0 Å². The number of rotatable bonds is 3. The molecule has 0 aliphatic heterocycles. The van der Waals surface area contributed by atoms with Crippen LogP contribution in [0.1, 0.15) is 12.5 Å². The predicted octanol–water partition coefficient (Wildman–Crippen LogP) is 2.04. The van der Waals surface area contributed by atoms with Crippen LogP contribution >= 0.6 is 0 Å². The Morgan fingerprint density at radius 2 is 2.13 bits per heavy atom. The number of benzene rings is 1. The van der Waals surface area contributed by atoms with E-state index in [1.54, 1.807) is 25.3 Å². The van der Waals surface area contributed by atoms with Gasteiger partial charge in [0.1, 0.15) is 0 Å². The van der Waals surface area contributed by atoms with Crippen LogP contribution in [0.25, 0.3) is 0 Å². The van der Waals surface area contributed by atoms with Crippen molar-refractivity contribution >= 4 is 11.9 Å². The highest BCUT2D eigenvalue weighted by Gasteiger charge is 2.01. The van der Waals surface area contributed by atoms with Crippen molar-refractivity contribution in [3.63, 3.8) is 0 Å². The Hall–Kier alpha value is -2.15. The van der Waals surface area contributed by atoms with Crippen molar-refractivity contribution in [2.24, 2.45) is 4.99 Å². The zero-order valence-electron chi connectivity index (χ0n) is 8.30. The Kier molecular flexibility index (Phi) is 4.05. The number of non-ortho nitro benzene ring substituents is 1. The van der Waals surface area contributed by atoms with Crippen LogP contribution in [0.15, 0.2) is 29.3 Å². The fraction of sp³-hybridized carbons (Fsp3) is 0.182. The van der Waals surface area contributed by atoms with Gasteiger partial charge in [-0.3, -0.25) is 15.1 Å². The summed E-state index contributed by atoms with van der Waals surface area (Å²) in [5.41, 5.74) is 0.916. The Morgan fingerprint density at radius 3 is 2.67 bits per heavy atom. The van der Waals surface area contributed by atoms with Gasteiger partial charge in [0.25, 0.3) is 5.69 Å². The van der Waals surface area contributed by atoms with Gasteiger partial charge in [-0.05, 0) is 24.6 Å². The molecule has 0 aromatic heterocycles. The molecular weight excluding hydrogens is 192 g/mol. The van der Waals surface area contributed by atoms with Gasteiger partial charge in [-0.2, -0.15) is 0 Å². The van der Waals surface area contributed by atoms with Crippen LogP contribution in [0, 0.1) is 22.0 Å². The lowest BCUT2D eigenvalue weighted by molar-refractivity contribution is -0.384. The topological polar surface area (TPSA) is 55.5 Å². The number of aliphatic imine (C=N–C) groups is 1. The predicted molar refractivity (Wildman–Crippen MR) is 59.0 cm³/mol. The maximum Gasteiger partial charge on any atom is 0.269 e. The largest absolute Gasteiger partial charge is 0.280 e. The molecule has 0 aliphatic rings. The fourth-order valence-corrected chi connectivity index (χ4v) is 0.958. The first-order valence-corrected chi connectivity index (χ1v) is 4.38. The molecular formula is C11H10N2O2. The minimum Gasteiger partial charge on any atom is -0.280 e. The van der Waals surface area contributed by atoms with Crippen molar-refractivity contribution in [2.45, 2.75) is 6.92 Å². The van der Waals surface area contributed by atoms with Gasteiger partial charge in [-0.1, -0.05) is 5.92 Å². The molecule has 0 amide bonds. The van der Waals surface area contributed by atoms with Crippen molar-refractivity contribution in [1.29, 1.82) is 0 Å². The van der Waals surface area contributed by atoms with Crippen molar-refractivity contribution in [1.82, 2.24) is 0 Å². The van der Waals surface area contributed by atoms with Crippen molar-refractivity contribution in [3.8, 4) is 11.8 Å². The first-order valence-electron chi connectivity index (χ1n) is 4.38. The molecule has 0 aliphatic carbocycles. The van der Waals surface area contributed by atoms with Crippen molar-refractivity contribution in [3.05, 3.63) is 39.9 Å². The van der Waals surface area contributed by atoms with E-state index in [1.807, 2.05) is 0 Å². The first-order chi connectivity index (χ1) is 7.24. The van der Waals surface area contributed by atoms with Gasteiger partial charge in [-0.25, -0.2) is 0 Å². The summed E-state index contributed by atoms with van der Waals surface area (Å²) in [7, 11) is 0. The summed E-state index contributed by atoms with van der Waals surface area (Å²) in [6.07, 6.45) is 1.65. The molecule has 0 atom stereocenters. The fourth-order valence-electron chi connectivity index (χ4n) is 0.958. The maximum atomic E-state index is 10.4. The number of nitrogens with zero attached hydrogens (tertiary/aromatic N) is 2. The zero-order chi connectivity index (χ0) is 11.1. The highest BCUT2D eigenvalue weighted by molar-refractivity contribution is 5.80. The van der Waals surface area contributed by atoms with E-state index in [2.05, 4.69) is 16.8 Å². The highest BCUT2D eigenvalue weighted by atomic mass is 16.6. The molecule has 76 valence electrons. The van der Waals surface area contributed by atoms with Crippen LogP contribution < -0.4 is 0 Å². The second-order valence-electron chi connectivity index (χ2n) is 2.75. The van der Waals surface area contributed by atoms with E-state index in [9.17, 15) is 10.1 Å². The van der Waals surface area contributed by atoms with E-state index in [0.29, 0.717) is 6.54 Å². The highest BCUT2D eigenvalue weighted by Crippen LogP contribution is 2.10. The smallest absolute Gasteiger partial charge is 0.269 e. The van der Waals surface area contributed by atoms with Gasteiger partial charge >= 0.3 is 0 Å². The van der Waals surface area contributed by atoms with Crippen molar-refractivity contribution in [2.75, 3.05) is 6.54 Å². The third kappa shape index (κ3) is 3.61. The number of nitro benzene ring substituents is 1. The van der Waals surface area contributed by atoms with Gasteiger partial charge in [-0.15, -0.1) is 5.92 Å². The van der Waals surface area contributed by atoms with E-state index in [0.717, 1.165) is 5.56 Å². The molecule has 0 radical (unpaired) electrons. The number of hydrogen-bond donors (Lipinski definition) is 0. The summed E-state index contributed by atoms with van der Waals surface area (Å²) in [5, 5.41) is 10.4. The maximum absolute atomic E-state index is 10.4. The lowest BCUT2D eigenvalue weighted by Crippen LogP contribution is -1.88. The Morgan fingerprint density at radius 1 is 1.47 bits per heavy atom. The van der Waals surface area contributed by atoms with Crippen LogP contribution in [-0.2, 0) is 0 Å². The Bertz CT molecular complexity index is 424. The van der Waals surface area contributed by atoms with Crippen molar-refractivity contribution < 1.29 is 4.92 Å². The van der Waals surface area contributed by atoms with E-state index in [1.165, 1.54) is 12.1 Å². The summed E-state index contributed by atoms with van der Waals surface area (Å²) in [6.45, 7) is 2.20. The molecule has 0 fully saturated rings. The Balaban J connectivity index is 2.67. The third-order valence-electron chi connectivity index (χ3n) is 1.69. The normalized spacial score (nSPS) is 9.67. The molecule has 0 bridgehead atoms. The second kappa shape index (κ2) is 5.55. The summed E-state index contributed by atoms with van der Waals surface area (Å²) >= 11 is 0. The van der Waals surface area contributed by atoms with Gasteiger partial charge in [0, 0.05) is 18.3 Å².